The fourth-order valence-electron chi connectivity index (χ4n) is 1.28. The lowest BCUT2D eigenvalue weighted by molar-refractivity contribution is 0.285. The van der Waals surface area contributed by atoms with E-state index in [1.807, 2.05) is 6.92 Å². The molecular formula is C8H12ClF. The average Bonchev–Trinajstić information content (AvgIpc) is 1.93. The lowest BCUT2D eigenvalue weighted by atomic mass is 9.86. The van der Waals surface area contributed by atoms with E-state index in [-0.39, 0.29) is 5.38 Å². The van der Waals surface area contributed by atoms with Crippen LogP contribution in [0.25, 0.3) is 0 Å². The van der Waals surface area contributed by atoms with Gasteiger partial charge in [0.05, 0.1) is 5.38 Å². The monoisotopic (exact) mass is 162 g/mol. The second-order valence-corrected chi connectivity index (χ2v) is 3.47. The Morgan fingerprint density at radius 2 is 2.20 bits per heavy atom. The van der Waals surface area contributed by atoms with Crippen LogP contribution in [-0.4, -0.2) is 11.5 Å². The van der Waals surface area contributed by atoms with Gasteiger partial charge in [0.15, 0.2) is 0 Å². The second kappa shape index (κ2) is 2.91. The minimum absolute atomic E-state index is 0.149. The molecule has 0 heterocycles. The molecule has 0 bridgehead atoms. The summed E-state index contributed by atoms with van der Waals surface area (Å²) in [6.45, 7) is 5.66. The number of allylic oxidation sites excluding steroid dienone is 1. The largest absolute Gasteiger partial charge is 0.243 e. The summed E-state index contributed by atoms with van der Waals surface area (Å²) >= 11 is 5.87. The van der Waals surface area contributed by atoms with Crippen LogP contribution < -0.4 is 0 Å². The normalized spacial score (nSPS) is 41.9. The Morgan fingerprint density at radius 3 is 2.70 bits per heavy atom. The molecule has 1 aliphatic rings. The third-order valence-corrected chi connectivity index (χ3v) is 2.84. The van der Waals surface area contributed by atoms with Crippen molar-refractivity contribution in [2.45, 2.75) is 31.3 Å². The predicted molar refractivity (Wildman–Crippen MR) is 42.1 cm³/mol. The topological polar surface area (TPSA) is 0 Å². The van der Waals surface area contributed by atoms with Crippen LogP contribution in [0.1, 0.15) is 19.8 Å². The fourth-order valence-corrected chi connectivity index (χ4v) is 1.54. The van der Waals surface area contributed by atoms with Crippen molar-refractivity contribution >= 4 is 11.6 Å². The zero-order valence-electron chi connectivity index (χ0n) is 6.11. The summed E-state index contributed by atoms with van der Waals surface area (Å²) in [5.41, 5.74) is 0.570. The summed E-state index contributed by atoms with van der Waals surface area (Å²) < 4.78 is 12.8. The molecule has 0 aromatic heterocycles. The lowest BCUT2D eigenvalue weighted by Crippen LogP contribution is -2.26. The molecule has 1 aliphatic carbocycles. The Labute approximate surface area is 66.1 Å². The van der Waals surface area contributed by atoms with Crippen LogP contribution in [0.3, 0.4) is 0 Å². The highest BCUT2D eigenvalue weighted by molar-refractivity contribution is 6.22. The molecular weight excluding hydrogens is 151 g/mol. The molecule has 0 spiro atoms. The Kier molecular flexibility index (Phi) is 2.35. The summed E-state index contributed by atoms with van der Waals surface area (Å²) in [6.07, 6.45) is 0.621. The molecule has 10 heavy (non-hydrogen) atoms. The van der Waals surface area contributed by atoms with Crippen LogP contribution in [0.5, 0.6) is 0 Å². The van der Waals surface area contributed by atoms with Crippen molar-refractivity contribution in [2.75, 3.05) is 0 Å². The first-order valence-electron chi connectivity index (χ1n) is 3.59. The minimum atomic E-state index is -0.862. The third kappa shape index (κ3) is 1.34. The van der Waals surface area contributed by atoms with Gasteiger partial charge in [-0.25, -0.2) is 4.39 Å². The SMILES string of the molecule is C=C1C(F)CCC(C)C1Cl. The standard InChI is InChI=1S/C8H12ClF/c1-5-3-4-7(10)6(2)8(5)9/h5,7-8H,2-4H2,1H3. The van der Waals surface area contributed by atoms with Gasteiger partial charge in [-0.1, -0.05) is 13.5 Å². The molecule has 0 aromatic rings. The summed E-state index contributed by atoms with van der Waals surface area (Å²) in [7, 11) is 0. The Morgan fingerprint density at radius 1 is 1.60 bits per heavy atom. The highest BCUT2D eigenvalue weighted by atomic mass is 35.5. The molecule has 0 radical (unpaired) electrons. The van der Waals surface area contributed by atoms with Crippen molar-refractivity contribution in [3.8, 4) is 0 Å². The molecule has 0 aliphatic heterocycles. The second-order valence-electron chi connectivity index (χ2n) is 3.00. The van der Waals surface area contributed by atoms with Crippen LogP contribution in [0.4, 0.5) is 4.39 Å². The van der Waals surface area contributed by atoms with Crippen LogP contribution >= 0.6 is 11.6 Å². The van der Waals surface area contributed by atoms with E-state index in [1.54, 1.807) is 0 Å². The van der Waals surface area contributed by atoms with Crippen LogP contribution in [0.2, 0.25) is 0 Å². The molecule has 0 nitrogen and oxygen atoms in total. The maximum atomic E-state index is 12.8. The Balaban J connectivity index is 2.60. The first-order valence-corrected chi connectivity index (χ1v) is 4.03. The Bertz CT molecular complexity index is 144. The average molecular weight is 163 g/mol. The van der Waals surface area contributed by atoms with Crippen molar-refractivity contribution in [3.05, 3.63) is 12.2 Å². The number of hydrogen-bond donors (Lipinski definition) is 0. The van der Waals surface area contributed by atoms with E-state index in [1.165, 1.54) is 0 Å². The van der Waals surface area contributed by atoms with Gasteiger partial charge in [-0.05, 0) is 24.3 Å². The fraction of sp³-hybridized carbons (Fsp3) is 0.750. The maximum absolute atomic E-state index is 12.8. The number of rotatable bonds is 0. The van der Waals surface area contributed by atoms with Crippen molar-refractivity contribution in [2.24, 2.45) is 5.92 Å². The summed E-state index contributed by atoms with van der Waals surface area (Å²) in [6, 6.07) is 0. The minimum Gasteiger partial charge on any atom is -0.243 e. The van der Waals surface area contributed by atoms with Gasteiger partial charge in [0, 0.05) is 0 Å². The van der Waals surface area contributed by atoms with Crippen molar-refractivity contribution in [3.63, 3.8) is 0 Å². The maximum Gasteiger partial charge on any atom is 0.122 e. The molecule has 1 fully saturated rings. The van der Waals surface area contributed by atoms with Crippen LogP contribution in [0.15, 0.2) is 12.2 Å². The van der Waals surface area contributed by atoms with Gasteiger partial charge < -0.3 is 0 Å². The molecule has 3 atom stereocenters. The van der Waals surface area contributed by atoms with E-state index in [0.717, 1.165) is 6.42 Å². The molecule has 58 valence electrons. The zero-order chi connectivity index (χ0) is 7.72. The molecule has 2 heteroatoms. The highest BCUT2D eigenvalue weighted by Gasteiger charge is 2.29. The molecule has 1 saturated carbocycles. The number of alkyl halides is 2. The van der Waals surface area contributed by atoms with E-state index in [0.29, 0.717) is 17.9 Å². The van der Waals surface area contributed by atoms with Gasteiger partial charge in [0.1, 0.15) is 6.17 Å². The zero-order valence-corrected chi connectivity index (χ0v) is 6.87. The predicted octanol–water partition coefficient (Wildman–Crippen LogP) is 2.92. The molecule has 0 aromatic carbocycles. The third-order valence-electron chi connectivity index (χ3n) is 2.13. The summed E-state index contributed by atoms with van der Waals surface area (Å²) in [5, 5.41) is -0.149. The van der Waals surface area contributed by atoms with Gasteiger partial charge >= 0.3 is 0 Å². The van der Waals surface area contributed by atoms with Gasteiger partial charge in [-0.15, -0.1) is 11.6 Å². The first-order chi connectivity index (χ1) is 4.63. The van der Waals surface area contributed by atoms with E-state index >= 15 is 0 Å². The number of halogens is 2. The van der Waals surface area contributed by atoms with Gasteiger partial charge in [-0.3, -0.25) is 0 Å². The quantitative estimate of drug-likeness (QED) is 0.380. The van der Waals surface area contributed by atoms with Gasteiger partial charge in [-0.2, -0.15) is 0 Å². The summed E-state index contributed by atoms with van der Waals surface area (Å²) in [5.74, 6) is 0.390. The van der Waals surface area contributed by atoms with Crippen molar-refractivity contribution < 1.29 is 4.39 Å². The van der Waals surface area contributed by atoms with Crippen LogP contribution in [0, 0.1) is 5.92 Å². The smallest absolute Gasteiger partial charge is 0.122 e. The van der Waals surface area contributed by atoms with Crippen molar-refractivity contribution in [1.82, 2.24) is 0 Å². The molecule has 0 saturated heterocycles. The first kappa shape index (κ1) is 8.06. The molecule has 0 N–H and O–H groups in total. The molecule has 0 amide bonds. The number of hydrogen-bond acceptors (Lipinski definition) is 0. The summed E-state index contributed by atoms with van der Waals surface area (Å²) in [4.78, 5) is 0. The van der Waals surface area contributed by atoms with Gasteiger partial charge in [0.2, 0.25) is 0 Å². The van der Waals surface area contributed by atoms with Crippen molar-refractivity contribution in [1.29, 1.82) is 0 Å². The van der Waals surface area contributed by atoms with E-state index < -0.39 is 6.17 Å². The van der Waals surface area contributed by atoms with Crippen LogP contribution in [-0.2, 0) is 0 Å². The van der Waals surface area contributed by atoms with Gasteiger partial charge in [0.25, 0.3) is 0 Å². The lowest BCUT2D eigenvalue weighted by Gasteiger charge is -2.28. The molecule has 1 rings (SSSR count). The highest BCUT2D eigenvalue weighted by Crippen LogP contribution is 2.33. The van der Waals surface area contributed by atoms with E-state index in [9.17, 15) is 4.39 Å². The van der Waals surface area contributed by atoms with E-state index in [4.69, 9.17) is 11.6 Å². The van der Waals surface area contributed by atoms with E-state index in [2.05, 4.69) is 6.58 Å². The molecule has 3 unspecified atom stereocenters. The Hall–Kier alpha value is -0.0400.